The Morgan fingerprint density at radius 2 is 2.27 bits per heavy atom. The highest BCUT2D eigenvalue weighted by atomic mass is 16.2. The quantitative estimate of drug-likeness (QED) is 0.677. The van der Waals surface area contributed by atoms with Gasteiger partial charge in [-0.1, -0.05) is 0 Å². The summed E-state index contributed by atoms with van der Waals surface area (Å²) < 4.78 is 0. The molecule has 0 bridgehead atoms. The number of nitriles is 1. The molecule has 0 saturated carbocycles. The Kier molecular flexibility index (Phi) is 3.86. The van der Waals surface area contributed by atoms with Crippen molar-refractivity contribution >= 4 is 28.4 Å². The van der Waals surface area contributed by atoms with Crippen molar-refractivity contribution in [3.8, 4) is 6.07 Å². The predicted octanol–water partition coefficient (Wildman–Crippen LogP) is 2.38. The number of pyridine rings is 1. The van der Waals surface area contributed by atoms with Crippen LogP contribution in [-0.4, -0.2) is 27.8 Å². The highest BCUT2D eigenvalue weighted by Gasteiger charge is 2.28. The van der Waals surface area contributed by atoms with Crippen LogP contribution < -0.4 is 10.6 Å². The number of aromatic nitrogens is 2. The molecule has 1 aliphatic heterocycles. The van der Waals surface area contributed by atoms with Crippen LogP contribution in [0.3, 0.4) is 0 Å². The van der Waals surface area contributed by atoms with Gasteiger partial charge in [0.1, 0.15) is 5.69 Å². The molecule has 7 nitrogen and oxygen atoms in total. The molecule has 2 amide bonds. The average molecular weight is 345 g/mol. The SMILES string of the molecule is N#CCC1Cc2c([nH]c3ccc(C(=O)Nc4cccnc4)cc23)C(=O)N1. The Morgan fingerprint density at radius 3 is 3.04 bits per heavy atom. The molecule has 128 valence electrons. The van der Waals surface area contributed by atoms with E-state index in [1.807, 2.05) is 0 Å². The van der Waals surface area contributed by atoms with Gasteiger partial charge in [-0.2, -0.15) is 5.26 Å². The molecule has 0 fully saturated rings. The molecule has 0 spiro atoms. The molecule has 3 heterocycles. The average Bonchev–Trinajstić information content (AvgIpc) is 3.01. The number of aromatic amines is 1. The lowest BCUT2D eigenvalue weighted by Crippen LogP contribution is -2.41. The van der Waals surface area contributed by atoms with Crippen molar-refractivity contribution in [2.75, 3.05) is 5.32 Å². The zero-order valence-electron chi connectivity index (χ0n) is 13.7. The molecular weight excluding hydrogens is 330 g/mol. The Balaban J connectivity index is 1.69. The molecule has 2 aromatic heterocycles. The number of benzene rings is 1. The number of rotatable bonds is 3. The van der Waals surface area contributed by atoms with E-state index < -0.39 is 0 Å². The van der Waals surface area contributed by atoms with Gasteiger partial charge in [0.05, 0.1) is 24.4 Å². The van der Waals surface area contributed by atoms with E-state index in [1.54, 1.807) is 42.7 Å². The lowest BCUT2D eigenvalue weighted by atomic mass is 9.96. The van der Waals surface area contributed by atoms with E-state index in [1.165, 1.54) is 0 Å². The summed E-state index contributed by atoms with van der Waals surface area (Å²) in [6.07, 6.45) is 4.02. The lowest BCUT2D eigenvalue weighted by molar-refractivity contribution is 0.0921. The summed E-state index contributed by atoms with van der Waals surface area (Å²) in [7, 11) is 0. The first-order valence-corrected chi connectivity index (χ1v) is 8.19. The van der Waals surface area contributed by atoms with Crippen molar-refractivity contribution in [3.63, 3.8) is 0 Å². The van der Waals surface area contributed by atoms with Gasteiger partial charge in [0.15, 0.2) is 0 Å². The lowest BCUT2D eigenvalue weighted by Gasteiger charge is -2.21. The third kappa shape index (κ3) is 2.78. The van der Waals surface area contributed by atoms with Crippen LogP contribution in [0.25, 0.3) is 10.9 Å². The molecule has 0 aliphatic carbocycles. The molecule has 3 N–H and O–H groups in total. The second-order valence-electron chi connectivity index (χ2n) is 6.17. The van der Waals surface area contributed by atoms with E-state index in [0.717, 1.165) is 16.5 Å². The van der Waals surface area contributed by atoms with E-state index in [-0.39, 0.29) is 24.3 Å². The number of nitrogens with one attached hydrogen (secondary N) is 3. The van der Waals surface area contributed by atoms with Gasteiger partial charge in [0.25, 0.3) is 11.8 Å². The standard InChI is InChI=1S/C19H15N5O2/c20-6-5-12-9-15-14-8-11(18(25)23-13-2-1-7-21-10-13)3-4-16(14)24-17(15)19(26)22-12/h1-4,7-8,10,12,24H,5,9H2,(H,22,26)(H,23,25). The smallest absolute Gasteiger partial charge is 0.268 e. The number of fused-ring (bicyclic) bond motifs is 3. The number of carbonyl (C=O) groups is 2. The van der Waals surface area contributed by atoms with E-state index in [2.05, 4.69) is 26.7 Å². The number of hydrogen-bond donors (Lipinski definition) is 3. The third-order valence-electron chi connectivity index (χ3n) is 4.44. The van der Waals surface area contributed by atoms with Crippen LogP contribution >= 0.6 is 0 Å². The Labute approximate surface area is 149 Å². The fourth-order valence-electron chi connectivity index (χ4n) is 3.22. The summed E-state index contributed by atoms with van der Waals surface area (Å²) in [5.41, 5.74) is 3.24. The first-order valence-electron chi connectivity index (χ1n) is 8.19. The number of nitrogens with zero attached hydrogens (tertiary/aromatic N) is 2. The normalized spacial score (nSPS) is 15.8. The van der Waals surface area contributed by atoms with E-state index in [4.69, 9.17) is 5.26 Å². The van der Waals surface area contributed by atoms with Crippen molar-refractivity contribution < 1.29 is 9.59 Å². The Bertz CT molecular complexity index is 1050. The van der Waals surface area contributed by atoms with Gasteiger partial charge in [0.2, 0.25) is 0 Å². The molecule has 7 heteroatoms. The van der Waals surface area contributed by atoms with E-state index in [0.29, 0.717) is 23.4 Å². The van der Waals surface area contributed by atoms with Gasteiger partial charge in [0, 0.05) is 28.7 Å². The maximum Gasteiger partial charge on any atom is 0.268 e. The summed E-state index contributed by atoms with van der Waals surface area (Å²) in [5.74, 6) is -0.465. The van der Waals surface area contributed by atoms with Crippen molar-refractivity contribution in [1.29, 1.82) is 5.26 Å². The molecule has 3 aromatic rings. The molecule has 26 heavy (non-hydrogen) atoms. The fourth-order valence-corrected chi connectivity index (χ4v) is 3.22. The minimum absolute atomic E-state index is 0.216. The van der Waals surface area contributed by atoms with Crippen LogP contribution in [0.1, 0.15) is 32.8 Å². The molecule has 0 saturated heterocycles. The largest absolute Gasteiger partial charge is 0.350 e. The van der Waals surface area contributed by atoms with Crippen molar-refractivity contribution in [3.05, 3.63) is 59.5 Å². The van der Waals surface area contributed by atoms with Crippen LogP contribution in [0, 0.1) is 11.3 Å². The van der Waals surface area contributed by atoms with Crippen LogP contribution in [0.4, 0.5) is 5.69 Å². The summed E-state index contributed by atoms with van der Waals surface area (Å²) >= 11 is 0. The van der Waals surface area contributed by atoms with Crippen LogP contribution in [0.15, 0.2) is 42.7 Å². The summed E-state index contributed by atoms with van der Waals surface area (Å²) in [6.45, 7) is 0. The van der Waals surface area contributed by atoms with E-state index in [9.17, 15) is 9.59 Å². The van der Waals surface area contributed by atoms with Gasteiger partial charge < -0.3 is 15.6 Å². The number of hydrogen-bond acceptors (Lipinski definition) is 4. The number of anilines is 1. The minimum atomic E-state index is -0.247. The van der Waals surface area contributed by atoms with Crippen LogP contribution in [-0.2, 0) is 6.42 Å². The zero-order chi connectivity index (χ0) is 18.1. The van der Waals surface area contributed by atoms with Gasteiger partial charge in [-0.3, -0.25) is 14.6 Å². The molecule has 0 radical (unpaired) electrons. The van der Waals surface area contributed by atoms with Gasteiger partial charge in [-0.05, 0) is 42.3 Å². The molecule has 1 unspecified atom stereocenters. The van der Waals surface area contributed by atoms with Crippen molar-refractivity contribution in [1.82, 2.24) is 15.3 Å². The first kappa shape index (κ1) is 15.8. The maximum absolute atomic E-state index is 12.5. The van der Waals surface area contributed by atoms with Crippen LogP contribution in [0.5, 0.6) is 0 Å². The monoisotopic (exact) mass is 345 g/mol. The summed E-state index contributed by atoms with van der Waals surface area (Å²) in [4.78, 5) is 31.9. The van der Waals surface area contributed by atoms with Gasteiger partial charge >= 0.3 is 0 Å². The van der Waals surface area contributed by atoms with E-state index >= 15 is 0 Å². The Morgan fingerprint density at radius 1 is 1.38 bits per heavy atom. The predicted molar refractivity (Wildman–Crippen MR) is 95.7 cm³/mol. The summed E-state index contributed by atoms with van der Waals surface area (Å²) in [6, 6.07) is 10.7. The number of amides is 2. The minimum Gasteiger partial charge on any atom is -0.350 e. The van der Waals surface area contributed by atoms with Gasteiger partial charge in [-0.25, -0.2) is 0 Å². The Hall–Kier alpha value is -3.66. The topological polar surface area (TPSA) is 111 Å². The zero-order valence-corrected chi connectivity index (χ0v) is 13.7. The molecule has 1 aliphatic rings. The van der Waals surface area contributed by atoms with Crippen molar-refractivity contribution in [2.24, 2.45) is 0 Å². The number of carbonyl (C=O) groups excluding carboxylic acids is 2. The fraction of sp³-hybridized carbons (Fsp3) is 0.158. The highest BCUT2D eigenvalue weighted by Crippen LogP contribution is 2.28. The molecule has 1 atom stereocenters. The third-order valence-corrected chi connectivity index (χ3v) is 4.44. The second kappa shape index (κ2) is 6.33. The molecular formula is C19H15N5O2. The van der Waals surface area contributed by atoms with Crippen molar-refractivity contribution in [2.45, 2.75) is 18.9 Å². The highest BCUT2D eigenvalue weighted by molar-refractivity contribution is 6.08. The molecule has 1 aromatic carbocycles. The molecule has 4 rings (SSSR count). The first-order chi connectivity index (χ1) is 12.7. The maximum atomic E-state index is 12.5. The second-order valence-corrected chi connectivity index (χ2v) is 6.17. The van der Waals surface area contributed by atoms with Crippen LogP contribution in [0.2, 0.25) is 0 Å². The summed E-state index contributed by atoms with van der Waals surface area (Å²) in [5, 5.41) is 15.4. The van der Waals surface area contributed by atoms with Gasteiger partial charge in [-0.15, -0.1) is 0 Å². The number of H-pyrrole nitrogens is 1.